The average Bonchev–Trinajstić information content (AvgIpc) is 3.06. The fourth-order valence-corrected chi connectivity index (χ4v) is 3.14. The molecule has 0 aliphatic heterocycles. The van der Waals surface area contributed by atoms with Gasteiger partial charge in [0.2, 0.25) is 0 Å². The molecule has 2 rings (SSSR count). The molecule has 0 aliphatic rings. The quantitative estimate of drug-likeness (QED) is 0.426. The van der Waals surface area contributed by atoms with Crippen LogP contribution in [0.3, 0.4) is 0 Å². The molecule has 2 aromatic rings. The zero-order valence-corrected chi connectivity index (χ0v) is 18.0. The number of alkyl halides is 3. The van der Waals surface area contributed by atoms with E-state index in [1.165, 1.54) is 23.9 Å². The molecule has 0 saturated heterocycles. The number of nitriles is 2. The predicted molar refractivity (Wildman–Crippen MR) is 114 cm³/mol. The Kier molecular flexibility index (Phi) is 7.58. The van der Waals surface area contributed by atoms with E-state index < -0.39 is 21.2 Å². The number of hydrogen-bond acceptors (Lipinski definition) is 8. The van der Waals surface area contributed by atoms with Crippen molar-refractivity contribution in [3.63, 3.8) is 0 Å². The van der Waals surface area contributed by atoms with Crippen LogP contribution < -0.4 is 9.62 Å². The maximum absolute atomic E-state index is 13.0. The minimum atomic E-state index is -5.76. The number of sulfonamides is 1. The molecule has 0 aliphatic carbocycles. The van der Waals surface area contributed by atoms with E-state index in [1.54, 1.807) is 29.2 Å². The molecule has 10 nitrogen and oxygen atoms in total. The van der Waals surface area contributed by atoms with Crippen molar-refractivity contribution in [3.8, 4) is 12.1 Å². The van der Waals surface area contributed by atoms with Crippen LogP contribution in [0.25, 0.3) is 0 Å². The van der Waals surface area contributed by atoms with E-state index in [0.717, 1.165) is 10.6 Å². The van der Waals surface area contributed by atoms with Crippen molar-refractivity contribution >= 4 is 33.0 Å². The van der Waals surface area contributed by atoms with Gasteiger partial charge in [-0.2, -0.15) is 37.1 Å². The highest BCUT2D eigenvalue weighted by Gasteiger charge is 2.46. The van der Waals surface area contributed by atoms with Crippen LogP contribution in [0.2, 0.25) is 0 Å². The Morgan fingerprint density at radius 3 is 2.33 bits per heavy atom. The first-order chi connectivity index (χ1) is 15.5. The first kappa shape index (κ1) is 25.1. The van der Waals surface area contributed by atoms with Crippen molar-refractivity contribution in [1.82, 2.24) is 9.55 Å². The predicted octanol–water partition coefficient (Wildman–Crippen LogP) is 4.02. The molecule has 33 heavy (non-hydrogen) atoms. The second-order valence-corrected chi connectivity index (χ2v) is 8.00. The van der Waals surface area contributed by atoms with Gasteiger partial charge in [0.15, 0.2) is 11.4 Å². The van der Waals surface area contributed by atoms with Gasteiger partial charge < -0.3 is 9.47 Å². The minimum absolute atomic E-state index is 0.0933. The number of halogens is 3. The van der Waals surface area contributed by atoms with E-state index in [4.69, 9.17) is 10.5 Å². The van der Waals surface area contributed by atoms with Crippen LogP contribution in [0.1, 0.15) is 11.4 Å². The Hall–Kier alpha value is -4.17. The van der Waals surface area contributed by atoms with Gasteiger partial charge in [0, 0.05) is 25.8 Å². The molecule has 1 aromatic heterocycles. The summed E-state index contributed by atoms with van der Waals surface area (Å²) in [6, 6.07) is 7.39. The summed E-state index contributed by atoms with van der Waals surface area (Å²) in [4.78, 5) is 5.49. The summed E-state index contributed by atoms with van der Waals surface area (Å²) in [7, 11) is -4.37. The van der Waals surface area contributed by atoms with Crippen molar-refractivity contribution in [2.24, 2.45) is 17.3 Å². The summed E-state index contributed by atoms with van der Waals surface area (Å²) >= 11 is 0. The lowest BCUT2D eigenvalue weighted by Crippen LogP contribution is -2.30. The minimum Gasteiger partial charge on any atom is -0.364 e. The molecule has 0 radical (unpaired) electrons. The van der Waals surface area contributed by atoms with E-state index in [9.17, 15) is 21.6 Å². The van der Waals surface area contributed by atoms with Gasteiger partial charge in [-0.25, -0.2) is 0 Å². The van der Waals surface area contributed by atoms with Gasteiger partial charge >= 0.3 is 15.5 Å². The Morgan fingerprint density at radius 1 is 1.21 bits per heavy atom. The molecular weight excluding hydrogens is 461 g/mol. The van der Waals surface area contributed by atoms with Crippen LogP contribution in [0.4, 0.5) is 36.2 Å². The third-order valence-corrected chi connectivity index (χ3v) is 5.22. The Balaban J connectivity index is 2.60. The van der Waals surface area contributed by atoms with Crippen molar-refractivity contribution in [3.05, 3.63) is 54.9 Å². The normalized spacial score (nSPS) is 11.6. The van der Waals surface area contributed by atoms with Crippen molar-refractivity contribution < 1.29 is 21.6 Å². The van der Waals surface area contributed by atoms with Crippen LogP contribution in [0.5, 0.6) is 0 Å². The molecule has 14 heteroatoms. The van der Waals surface area contributed by atoms with Gasteiger partial charge in [-0.05, 0) is 18.2 Å². The van der Waals surface area contributed by atoms with Gasteiger partial charge in [-0.1, -0.05) is 12.2 Å². The molecule has 0 saturated carbocycles. The van der Waals surface area contributed by atoms with E-state index >= 15 is 0 Å². The first-order valence-electron chi connectivity index (χ1n) is 8.97. The maximum atomic E-state index is 13.0. The molecule has 172 valence electrons. The largest absolute Gasteiger partial charge is 0.516 e. The molecule has 0 spiro atoms. The van der Waals surface area contributed by atoms with E-state index in [2.05, 4.69) is 28.4 Å². The fraction of sp³-hybridized carbons (Fsp3) is 0.211. The van der Waals surface area contributed by atoms with Gasteiger partial charge in [-0.15, -0.1) is 23.4 Å². The highest BCUT2D eigenvalue weighted by Crippen LogP contribution is 2.35. The summed E-state index contributed by atoms with van der Waals surface area (Å²) in [5.41, 5.74) is -6.27. The number of nitrogens with zero attached hydrogens (tertiary/aromatic N) is 7. The van der Waals surface area contributed by atoms with Gasteiger partial charge in [0.05, 0.1) is 5.69 Å². The maximum Gasteiger partial charge on any atom is 0.516 e. The Bertz CT molecular complexity index is 1270. The molecule has 1 aromatic carbocycles. The third-order valence-electron chi connectivity index (χ3n) is 4.12. The van der Waals surface area contributed by atoms with Gasteiger partial charge in [-0.3, -0.25) is 4.72 Å². The number of nitrogens with one attached hydrogen (secondary N) is 1. The summed E-state index contributed by atoms with van der Waals surface area (Å²) in [6.45, 7) is 7.83. The summed E-state index contributed by atoms with van der Waals surface area (Å²) in [5.74, 6) is -0.184. The van der Waals surface area contributed by atoms with Crippen LogP contribution >= 0.6 is 0 Å². The molecule has 0 bridgehead atoms. The molecule has 0 amide bonds. The molecule has 0 atom stereocenters. The molecule has 1 heterocycles. The Morgan fingerprint density at radius 2 is 1.85 bits per heavy atom. The van der Waals surface area contributed by atoms with Gasteiger partial charge in [0.1, 0.15) is 17.8 Å². The molecular formula is C19H17F3N8O2S. The van der Waals surface area contributed by atoms with Gasteiger partial charge in [0.25, 0.3) is 5.95 Å². The lowest BCUT2D eigenvalue weighted by molar-refractivity contribution is -0.0429. The zero-order chi connectivity index (χ0) is 24.8. The Labute approximate surface area is 187 Å². The summed E-state index contributed by atoms with van der Waals surface area (Å²) < 4.78 is 65.0. The molecule has 0 fully saturated rings. The second-order valence-electron chi connectivity index (χ2n) is 6.33. The van der Waals surface area contributed by atoms with Crippen LogP contribution in [0, 0.1) is 22.7 Å². The van der Waals surface area contributed by atoms with Crippen molar-refractivity contribution in [2.75, 3.05) is 22.7 Å². The summed E-state index contributed by atoms with van der Waals surface area (Å²) in [6.07, 6.45) is 3.11. The topological polar surface area (TPSA) is 140 Å². The highest BCUT2D eigenvalue weighted by molar-refractivity contribution is 7.93. The smallest absolute Gasteiger partial charge is 0.364 e. The summed E-state index contributed by atoms with van der Waals surface area (Å²) in [5, 5.41) is 25.7. The van der Waals surface area contributed by atoms with Crippen molar-refractivity contribution in [1.29, 1.82) is 10.5 Å². The standard InChI is InChI=1S/C19H17F3N8O2S/c1-4-8-30(9-5-2)13-6-7-14(15(10-13)28-33(31,32)19(20,21)22)26-27-18-25-16(11-23)17(12-24)29(18)3/h4-7,10,28H,1-2,8-9H2,3H3. The van der Waals surface area contributed by atoms with E-state index in [0.29, 0.717) is 18.8 Å². The number of benzene rings is 1. The first-order valence-corrected chi connectivity index (χ1v) is 10.5. The van der Waals surface area contributed by atoms with E-state index in [-0.39, 0.29) is 23.0 Å². The average molecular weight is 478 g/mol. The van der Waals surface area contributed by atoms with Crippen LogP contribution in [0.15, 0.2) is 53.7 Å². The fourth-order valence-electron chi connectivity index (χ4n) is 2.57. The monoisotopic (exact) mass is 478 g/mol. The number of azo groups is 1. The highest BCUT2D eigenvalue weighted by atomic mass is 32.2. The molecule has 1 N–H and O–H groups in total. The van der Waals surface area contributed by atoms with Crippen LogP contribution in [-0.2, 0) is 17.1 Å². The second kappa shape index (κ2) is 9.97. The van der Waals surface area contributed by atoms with Crippen molar-refractivity contribution in [2.45, 2.75) is 5.51 Å². The van der Waals surface area contributed by atoms with E-state index in [1.807, 2.05) is 0 Å². The lowest BCUT2D eigenvalue weighted by Gasteiger charge is -2.23. The van der Waals surface area contributed by atoms with Crippen LogP contribution in [-0.4, -0.2) is 36.6 Å². The lowest BCUT2D eigenvalue weighted by atomic mass is 10.2. The SMILES string of the molecule is C=CCN(CC=C)c1ccc(N=Nc2nc(C#N)c(C#N)n2C)c(NS(=O)(=O)C(F)(F)F)c1. The number of imidazole rings is 1. The third kappa shape index (κ3) is 5.55. The number of anilines is 2. The number of rotatable bonds is 9. The number of hydrogen-bond donors (Lipinski definition) is 1. The number of aromatic nitrogens is 2. The zero-order valence-electron chi connectivity index (χ0n) is 17.2. The molecule has 0 unspecified atom stereocenters.